The van der Waals surface area contributed by atoms with Crippen LogP contribution < -0.4 is 0 Å². The van der Waals surface area contributed by atoms with Crippen LogP contribution in [0.25, 0.3) is 0 Å². The van der Waals surface area contributed by atoms with Gasteiger partial charge < -0.3 is 19.3 Å². The van der Waals surface area contributed by atoms with Gasteiger partial charge in [0.15, 0.2) is 5.60 Å². The van der Waals surface area contributed by atoms with Gasteiger partial charge in [0.25, 0.3) is 0 Å². The lowest BCUT2D eigenvalue weighted by atomic mass is 9.68. The molecule has 0 spiro atoms. The number of hydrogen-bond acceptors (Lipinski definition) is 4. The van der Waals surface area contributed by atoms with Crippen LogP contribution >= 0.6 is 0 Å². The fourth-order valence-corrected chi connectivity index (χ4v) is 4.76. The second-order valence-electron chi connectivity index (χ2n) is 6.82. The summed E-state index contributed by atoms with van der Waals surface area (Å²) >= 11 is 0. The fraction of sp³-hybridized carbons (Fsp3) is 1.00. The van der Waals surface area contributed by atoms with E-state index in [4.69, 9.17) is 4.74 Å². The first-order valence-electron chi connectivity index (χ1n) is 7.43. The highest BCUT2D eigenvalue weighted by Crippen LogP contribution is 2.71. The summed E-state index contributed by atoms with van der Waals surface area (Å²) < 4.78 is 83.7. The number of fused-ring (bicyclic) bond motifs is 5. The lowest BCUT2D eigenvalue weighted by molar-refractivity contribution is -0.417. The first-order valence-corrected chi connectivity index (χ1v) is 7.43. The summed E-state index contributed by atoms with van der Waals surface area (Å²) in [6.07, 6.45) is -6.90. The van der Waals surface area contributed by atoms with E-state index in [0.29, 0.717) is 0 Å². The Hall–Kier alpha value is -0.510. The molecular formula is C14H19F5O4. The Balaban J connectivity index is 2.13. The SMILES string of the molecule is COCOC12C3CC(C(C)C3C)C1OC(O)(C(F)(F)F)C2(F)F. The van der Waals surface area contributed by atoms with Gasteiger partial charge in [0.05, 0.1) is 0 Å². The molecule has 2 bridgehead atoms. The molecule has 1 saturated heterocycles. The molecule has 3 fully saturated rings. The van der Waals surface area contributed by atoms with E-state index in [1.807, 2.05) is 0 Å². The van der Waals surface area contributed by atoms with E-state index in [0.717, 1.165) is 0 Å². The average Bonchev–Trinajstić information content (AvgIpc) is 2.97. The van der Waals surface area contributed by atoms with Crippen LogP contribution in [0.1, 0.15) is 20.3 Å². The molecule has 7 unspecified atom stereocenters. The number of halogens is 5. The molecule has 0 aromatic heterocycles. The Morgan fingerprint density at radius 2 is 1.83 bits per heavy atom. The molecule has 0 amide bonds. The summed E-state index contributed by atoms with van der Waals surface area (Å²) in [4.78, 5) is 0. The van der Waals surface area contributed by atoms with E-state index >= 15 is 0 Å². The van der Waals surface area contributed by atoms with Crippen LogP contribution in [0.4, 0.5) is 22.0 Å². The summed E-state index contributed by atoms with van der Waals surface area (Å²) in [5, 5.41) is 9.74. The molecule has 23 heavy (non-hydrogen) atoms. The van der Waals surface area contributed by atoms with Gasteiger partial charge in [0.1, 0.15) is 12.9 Å². The van der Waals surface area contributed by atoms with Crippen molar-refractivity contribution < 1.29 is 41.3 Å². The average molecular weight is 346 g/mol. The third-order valence-electron chi connectivity index (χ3n) is 6.04. The van der Waals surface area contributed by atoms with E-state index in [1.54, 1.807) is 13.8 Å². The second-order valence-corrected chi connectivity index (χ2v) is 6.82. The van der Waals surface area contributed by atoms with Gasteiger partial charge in [-0.1, -0.05) is 13.8 Å². The van der Waals surface area contributed by atoms with Crippen LogP contribution in [0.3, 0.4) is 0 Å². The van der Waals surface area contributed by atoms with Gasteiger partial charge in [-0.05, 0) is 24.2 Å². The van der Waals surface area contributed by atoms with Crippen LogP contribution in [0, 0.1) is 23.7 Å². The molecule has 2 saturated carbocycles. The molecule has 1 N–H and O–H groups in total. The third kappa shape index (κ3) is 1.74. The number of ether oxygens (including phenoxy) is 3. The molecule has 0 aromatic rings. The first-order chi connectivity index (χ1) is 10.5. The zero-order valence-electron chi connectivity index (χ0n) is 12.9. The Labute approximate surface area is 129 Å². The van der Waals surface area contributed by atoms with Crippen LogP contribution in [0.5, 0.6) is 0 Å². The highest BCUT2D eigenvalue weighted by atomic mass is 19.4. The molecule has 0 aromatic carbocycles. The summed E-state index contributed by atoms with van der Waals surface area (Å²) in [5.74, 6) is -11.0. The summed E-state index contributed by atoms with van der Waals surface area (Å²) in [5.41, 5.74) is -2.54. The van der Waals surface area contributed by atoms with Crippen molar-refractivity contribution in [1.82, 2.24) is 0 Å². The van der Waals surface area contributed by atoms with Crippen LogP contribution in [-0.4, -0.2) is 48.6 Å². The van der Waals surface area contributed by atoms with Crippen molar-refractivity contribution in [3.05, 3.63) is 0 Å². The van der Waals surface area contributed by atoms with Gasteiger partial charge in [0, 0.05) is 13.0 Å². The zero-order valence-corrected chi connectivity index (χ0v) is 12.9. The molecule has 7 atom stereocenters. The molecule has 3 aliphatic rings. The van der Waals surface area contributed by atoms with Gasteiger partial charge in [-0.15, -0.1) is 0 Å². The quantitative estimate of drug-likeness (QED) is 0.630. The Morgan fingerprint density at radius 3 is 2.35 bits per heavy atom. The maximum Gasteiger partial charge on any atom is 0.449 e. The minimum atomic E-state index is -5.64. The second kappa shape index (κ2) is 4.77. The number of hydrogen-bond donors (Lipinski definition) is 1. The molecule has 134 valence electrons. The molecule has 4 nitrogen and oxygen atoms in total. The third-order valence-corrected chi connectivity index (χ3v) is 6.04. The number of alkyl halides is 5. The van der Waals surface area contributed by atoms with E-state index in [1.165, 1.54) is 7.11 Å². The van der Waals surface area contributed by atoms with Crippen molar-refractivity contribution >= 4 is 0 Å². The molecular weight excluding hydrogens is 327 g/mol. The topological polar surface area (TPSA) is 47.9 Å². The van der Waals surface area contributed by atoms with Crippen molar-refractivity contribution in [2.24, 2.45) is 23.7 Å². The fourth-order valence-electron chi connectivity index (χ4n) is 4.76. The number of rotatable bonds is 3. The molecule has 3 rings (SSSR count). The van der Waals surface area contributed by atoms with E-state index in [2.05, 4.69) is 9.47 Å². The largest absolute Gasteiger partial charge is 0.449 e. The van der Waals surface area contributed by atoms with Gasteiger partial charge in [-0.25, -0.2) is 0 Å². The number of methoxy groups -OCH3 is 1. The van der Waals surface area contributed by atoms with Crippen molar-refractivity contribution in [3.63, 3.8) is 0 Å². The van der Waals surface area contributed by atoms with Crippen molar-refractivity contribution in [2.45, 2.75) is 49.9 Å². The molecule has 9 heteroatoms. The highest BCUT2D eigenvalue weighted by molar-refractivity contribution is 5.26. The standard InChI is InChI=1S/C14H19F5O4/c1-6-7(2)9-4-8(6)10-11(9,22-5-21-3)12(15,16)13(20,23-10)14(17,18)19/h6-10,20H,4-5H2,1-3H3. The van der Waals surface area contributed by atoms with Gasteiger partial charge in [0.2, 0.25) is 0 Å². The lowest BCUT2D eigenvalue weighted by Crippen LogP contribution is -2.67. The molecule has 0 radical (unpaired) electrons. The van der Waals surface area contributed by atoms with Crippen molar-refractivity contribution in [1.29, 1.82) is 0 Å². The summed E-state index contributed by atoms with van der Waals surface area (Å²) in [6.45, 7) is 2.90. The van der Waals surface area contributed by atoms with Crippen LogP contribution in [0.2, 0.25) is 0 Å². The van der Waals surface area contributed by atoms with E-state index < -0.39 is 48.2 Å². The van der Waals surface area contributed by atoms with Gasteiger partial charge in [-0.2, -0.15) is 22.0 Å². The van der Waals surface area contributed by atoms with E-state index in [-0.39, 0.29) is 18.3 Å². The zero-order chi connectivity index (χ0) is 17.4. The lowest BCUT2D eigenvalue weighted by Gasteiger charge is -2.45. The number of aliphatic hydroxyl groups is 1. The van der Waals surface area contributed by atoms with Gasteiger partial charge in [-0.3, -0.25) is 0 Å². The monoisotopic (exact) mass is 346 g/mol. The molecule has 2 aliphatic carbocycles. The normalized spacial score (nSPS) is 51.3. The minimum Gasteiger partial charge on any atom is -0.359 e. The summed E-state index contributed by atoms with van der Waals surface area (Å²) in [7, 11) is 1.19. The Morgan fingerprint density at radius 1 is 1.22 bits per heavy atom. The van der Waals surface area contributed by atoms with Gasteiger partial charge >= 0.3 is 17.9 Å². The van der Waals surface area contributed by atoms with Crippen molar-refractivity contribution in [3.8, 4) is 0 Å². The predicted molar refractivity (Wildman–Crippen MR) is 66.4 cm³/mol. The van der Waals surface area contributed by atoms with Crippen molar-refractivity contribution in [2.75, 3.05) is 13.9 Å². The predicted octanol–water partition coefficient (Wildman–Crippen LogP) is 2.55. The highest BCUT2D eigenvalue weighted by Gasteiger charge is 2.91. The molecule has 1 heterocycles. The van der Waals surface area contributed by atoms with Crippen LogP contribution in [-0.2, 0) is 14.2 Å². The maximum absolute atomic E-state index is 14.9. The molecule has 1 aliphatic heterocycles. The summed E-state index contributed by atoms with van der Waals surface area (Å²) in [6, 6.07) is 0. The maximum atomic E-state index is 14.9. The van der Waals surface area contributed by atoms with Crippen LogP contribution in [0.15, 0.2) is 0 Å². The van der Waals surface area contributed by atoms with E-state index in [9.17, 15) is 27.1 Å². The Bertz CT molecular complexity index is 498. The minimum absolute atomic E-state index is 0.101. The Kier molecular flexibility index (Phi) is 3.59. The first kappa shape index (κ1) is 17.3. The smallest absolute Gasteiger partial charge is 0.359 e.